The van der Waals surface area contributed by atoms with E-state index in [4.69, 9.17) is 0 Å². The van der Waals surface area contributed by atoms with Crippen LogP contribution in [0.5, 0.6) is 0 Å². The van der Waals surface area contributed by atoms with Crippen LogP contribution in [0.15, 0.2) is 45.2 Å². The van der Waals surface area contributed by atoms with Gasteiger partial charge < -0.3 is 31.1 Å². The third-order valence-corrected chi connectivity index (χ3v) is 9.69. The van der Waals surface area contributed by atoms with Crippen LogP contribution in [0.3, 0.4) is 0 Å². The summed E-state index contributed by atoms with van der Waals surface area (Å²) in [6, 6.07) is -0.416. The van der Waals surface area contributed by atoms with Crippen molar-refractivity contribution in [1.29, 1.82) is 0 Å². The van der Waals surface area contributed by atoms with Crippen molar-refractivity contribution in [2.24, 2.45) is 11.8 Å². The lowest BCUT2D eigenvalue weighted by Gasteiger charge is -2.20. The Bertz CT molecular complexity index is 1570. The number of allylic oxidation sites excluding steroid dienone is 2. The third kappa shape index (κ3) is 7.44. The SMILES string of the molecule is C=C(S)C1=C(C)[C@@H](CC2N/C(=C/c3[nH]c(/C=C4\NC(=O)[C@H](C)[C@H]4CCS)c(C)c3CCC(=O)O)C(CCC(=O)O)=C2C)NC1=O. The predicted molar refractivity (Wildman–Crippen MR) is 181 cm³/mol. The first-order valence-electron chi connectivity index (χ1n) is 15.1. The summed E-state index contributed by atoms with van der Waals surface area (Å²) in [5.74, 6) is -1.62. The fourth-order valence-electron chi connectivity index (χ4n) is 6.54. The Kier molecular flexibility index (Phi) is 10.8. The molecule has 242 valence electrons. The van der Waals surface area contributed by atoms with Crippen molar-refractivity contribution in [3.05, 3.63) is 67.7 Å². The first kappa shape index (κ1) is 34.2. The van der Waals surface area contributed by atoms with E-state index in [1.807, 2.05) is 39.8 Å². The van der Waals surface area contributed by atoms with E-state index in [1.165, 1.54) is 0 Å². The summed E-state index contributed by atoms with van der Waals surface area (Å²) >= 11 is 8.67. The van der Waals surface area contributed by atoms with Crippen LogP contribution >= 0.6 is 25.3 Å². The fraction of sp³-hybridized carbons (Fsp3) is 0.455. The third-order valence-electron chi connectivity index (χ3n) is 9.20. The predicted octanol–water partition coefficient (Wildman–Crippen LogP) is 4.53. The van der Waals surface area contributed by atoms with Crippen LogP contribution in [0.25, 0.3) is 12.2 Å². The van der Waals surface area contributed by atoms with Crippen molar-refractivity contribution < 1.29 is 29.4 Å². The molecule has 0 aromatic carbocycles. The highest BCUT2D eigenvalue weighted by Gasteiger charge is 2.36. The maximum atomic E-state index is 12.6. The van der Waals surface area contributed by atoms with E-state index in [9.17, 15) is 29.4 Å². The number of rotatable bonds is 13. The number of thiol groups is 2. The Hall–Kier alpha value is -3.64. The molecule has 2 amide bonds. The molecular formula is C33H42N4O6S2. The summed E-state index contributed by atoms with van der Waals surface area (Å²) in [6.07, 6.45) is 5.59. The summed E-state index contributed by atoms with van der Waals surface area (Å²) in [5, 5.41) is 28.5. The smallest absolute Gasteiger partial charge is 0.303 e. The van der Waals surface area contributed by atoms with Gasteiger partial charge in [-0.2, -0.15) is 12.6 Å². The van der Waals surface area contributed by atoms with Gasteiger partial charge in [0.25, 0.3) is 5.91 Å². The number of aromatic nitrogens is 1. The molecule has 10 nitrogen and oxygen atoms in total. The van der Waals surface area contributed by atoms with Gasteiger partial charge in [-0.3, -0.25) is 19.2 Å². The average molecular weight is 655 g/mol. The second-order valence-electron chi connectivity index (χ2n) is 12.0. The van der Waals surface area contributed by atoms with Gasteiger partial charge in [0.05, 0.1) is 11.6 Å². The fourth-order valence-corrected chi connectivity index (χ4v) is 7.10. The summed E-state index contributed by atoms with van der Waals surface area (Å²) in [4.78, 5) is 52.1. The number of hydrogen-bond acceptors (Lipinski definition) is 7. The van der Waals surface area contributed by atoms with Crippen molar-refractivity contribution in [1.82, 2.24) is 20.9 Å². The zero-order chi connectivity index (χ0) is 33.2. The molecule has 12 heteroatoms. The molecule has 0 saturated carbocycles. The van der Waals surface area contributed by atoms with Gasteiger partial charge in [0.2, 0.25) is 5.91 Å². The van der Waals surface area contributed by atoms with Crippen molar-refractivity contribution in [2.45, 2.75) is 78.3 Å². The van der Waals surface area contributed by atoms with Crippen LogP contribution in [-0.4, -0.2) is 56.8 Å². The summed E-state index contributed by atoms with van der Waals surface area (Å²) in [7, 11) is 0. The van der Waals surface area contributed by atoms with Crippen LogP contribution in [0, 0.1) is 18.8 Å². The number of carboxylic acid groups (broad SMARTS) is 2. The van der Waals surface area contributed by atoms with Gasteiger partial charge in [0.15, 0.2) is 0 Å². The molecule has 1 aromatic heterocycles. The van der Waals surface area contributed by atoms with Crippen LogP contribution in [0.4, 0.5) is 0 Å². The highest BCUT2D eigenvalue weighted by atomic mass is 32.1. The normalized spacial score (nSPS) is 24.9. The largest absolute Gasteiger partial charge is 0.481 e. The molecule has 1 saturated heterocycles. The van der Waals surface area contributed by atoms with Gasteiger partial charge in [-0.15, -0.1) is 12.6 Å². The van der Waals surface area contributed by atoms with E-state index >= 15 is 0 Å². The van der Waals surface area contributed by atoms with E-state index in [2.05, 4.69) is 52.8 Å². The first-order chi connectivity index (χ1) is 21.2. The van der Waals surface area contributed by atoms with Crippen molar-refractivity contribution in [2.75, 3.05) is 5.75 Å². The topological polar surface area (TPSA) is 161 Å². The molecule has 1 fully saturated rings. The second kappa shape index (κ2) is 14.2. The number of nitrogens with one attached hydrogen (secondary N) is 4. The van der Waals surface area contributed by atoms with Crippen LogP contribution in [0.1, 0.15) is 75.4 Å². The molecule has 3 aliphatic rings. The van der Waals surface area contributed by atoms with E-state index in [0.29, 0.717) is 34.8 Å². The standard InChI is InChI=1S/C33H42N4O6S2/c1-15-20(6-8-29(38)39)26(34-23(15)12-25-18(4)31(19(5)45)33(43)36-25)14-27-21(7-9-30(40)41)16(2)24(35-27)13-28-22(10-11-44)17(3)32(42)37-28/h13-14,17,22-23,25,34-35,44-45H,5-12H2,1-4H3,(H,36,43)(H,37,42)(H,38,39)(H,40,41)/b26-14+,28-13-/t17-,22-,23?,25-/m1/s1. The molecule has 3 aliphatic heterocycles. The van der Waals surface area contributed by atoms with E-state index < -0.39 is 11.9 Å². The Morgan fingerprint density at radius 3 is 2.20 bits per heavy atom. The molecule has 0 aliphatic carbocycles. The van der Waals surface area contributed by atoms with Gasteiger partial charge in [-0.25, -0.2) is 0 Å². The molecule has 4 heterocycles. The van der Waals surface area contributed by atoms with Gasteiger partial charge in [0, 0.05) is 58.4 Å². The zero-order valence-electron chi connectivity index (χ0n) is 26.0. The summed E-state index contributed by atoms with van der Waals surface area (Å²) in [5.41, 5.74) is 7.95. The highest BCUT2D eigenvalue weighted by Crippen LogP contribution is 2.36. The highest BCUT2D eigenvalue weighted by molar-refractivity contribution is 7.84. The Labute approximate surface area is 274 Å². The van der Waals surface area contributed by atoms with Crippen LogP contribution in [0.2, 0.25) is 0 Å². The monoisotopic (exact) mass is 654 g/mol. The van der Waals surface area contributed by atoms with Crippen LogP contribution in [-0.2, 0) is 25.6 Å². The molecule has 6 N–H and O–H groups in total. The van der Waals surface area contributed by atoms with E-state index in [0.717, 1.165) is 51.4 Å². The zero-order valence-corrected chi connectivity index (χ0v) is 27.8. The van der Waals surface area contributed by atoms with Gasteiger partial charge in [-0.1, -0.05) is 13.5 Å². The lowest BCUT2D eigenvalue weighted by Crippen LogP contribution is -2.36. The quantitative estimate of drug-likeness (QED) is 0.145. The molecule has 0 bridgehead atoms. The molecule has 0 radical (unpaired) electrons. The maximum absolute atomic E-state index is 12.6. The molecule has 4 atom stereocenters. The second-order valence-corrected chi connectivity index (χ2v) is 13.0. The van der Waals surface area contributed by atoms with Gasteiger partial charge in [-0.05, 0) is 92.2 Å². The number of aromatic amines is 1. The maximum Gasteiger partial charge on any atom is 0.303 e. The number of carbonyl (C=O) groups is 4. The number of aliphatic carboxylic acids is 2. The number of carboxylic acids is 2. The molecule has 0 spiro atoms. The Morgan fingerprint density at radius 1 is 0.956 bits per heavy atom. The van der Waals surface area contributed by atoms with Gasteiger partial charge >= 0.3 is 11.9 Å². The lowest BCUT2D eigenvalue weighted by molar-refractivity contribution is -0.138. The lowest BCUT2D eigenvalue weighted by atomic mass is 9.91. The minimum Gasteiger partial charge on any atom is -0.481 e. The molecule has 45 heavy (non-hydrogen) atoms. The van der Waals surface area contributed by atoms with Crippen molar-refractivity contribution in [3.8, 4) is 0 Å². The molecule has 4 rings (SSSR count). The Balaban J connectivity index is 1.74. The van der Waals surface area contributed by atoms with Crippen molar-refractivity contribution in [3.63, 3.8) is 0 Å². The molecular weight excluding hydrogens is 613 g/mol. The average Bonchev–Trinajstić information content (AvgIpc) is 3.60. The molecule has 1 unspecified atom stereocenters. The van der Waals surface area contributed by atoms with E-state index in [-0.39, 0.29) is 55.0 Å². The number of carbonyl (C=O) groups excluding carboxylic acids is 2. The summed E-state index contributed by atoms with van der Waals surface area (Å²) in [6.45, 7) is 11.5. The number of amides is 2. The minimum atomic E-state index is -0.915. The number of hydrogen-bond donors (Lipinski definition) is 8. The van der Waals surface area contributed by atoms with Gasteiger partial charge in [0.1, 0.15) is 0 Å². The Morgan fingerprint density at radius 2 is 1.60 bits per heavy atom. The first-order valence-corrected chi connectivity index (χ1v) is 16.2. The van der Waals surface area contributed by atoms with Crippen LogP contribution < -0.4 is 16.0 Å². The summed E-state index contributed by atoms with van der Waals surface area (Å²) < 4.78 is 0. The van der Waals surface area contributed by atoms with Crippen molar-refractivity contribution >= 4 is 61.2 Å². The molecule has 1 aromatic rings. The number of H-pyrrole nitrogens is 1. The van der Waals surface area contributed by atoms with E-state index in [1.54, 1.807) is 0 Å². The minimum absolute atomic E-state index is 0.00116.